The van der Waals surface area contributed by atoms with Crippen molar-refractivity contribution in [3.8, 4) is 0 Å². The summed E-state index contributed by atoms with van der Waals surface area (Å²) < 4.78 is 0. The van der Waals surface area contributed by atoms with Crippen LogP contribution in [0, 0.1) is 0 Å². The molecule has 0 radical (unpaired) electrons. The Morgan fingerprint density at radius 3 is 2.67 bits per heavy atom. The van der Waals surface area contributed by atoms with Crippen molar-refractivity contribution >= 4 is 11.6 Å². The zero-order chi connectivity index (χ0) is 6.85. The average Bonchev–Trinajstić information content (AvgIpc) is 1.80. The quantitative estimate of drug-likeness (QED) is 0.425. The smallest absolute Gasteiger partial charge is 0.194 e. The second-order valence-corrected chi connectivity index (χ2v) is 1.73. The van der Waals surface area contributed by atoms with Crippen molar-refractivity contribution < 1.29 is 4.79 Å². The normalized spacial score (nSPS) is 26.1. The van der Waals surface area contributed by atoms with Gasteiger partial charge in [0.1, 0.15) is 5.84 Å². The highest BCUT2D eigenvalue weighted by atomic mass is 16.1. The van der Waals surface area contributed by atoms with Crippen LogP contribution < -0.4 is 11.5 Å². The number of hydrogen-bond donors (Lipinski definition) is 2. The molecule has 0 aromatic rings. The van der Waals surface area contributed by atoms with Gasteiger partial charge in [0.25, 0.3) is 0 Å². The zero-order valence-corrected chi connectivity index (χ0v) is 4.74. The molecule has 0 aliphatic carbocycles. The minimum Gasteiger partial charge on any atom is -0.384 e. The molecule has 0 amide bonds. The third-order valence-electron chi connectivity index (χ3n) is 0.998. The van der Waals surface area contributed by atoms with Gasteiger partial charge in [-0.3, -0.25) is 4.79 Å². The third kappa shape index (κ3) is 1.14. The number of hydrogen-bond acceptors (Lipinski definition) is 4. The molecule has 48 valence electrons. The lowest BCUT2D eigenvalue weighted by Crippen LogP contribution is -2.32. The van der Waals surface area contributed by atoms with E-state index in [9.17, 15) is 4.79 Å². The van der Waals surface area contributed by atoms with E-state index in [1.54, 1.807) is 0 Å². The Morgan fingerprint density at radius 2 is 2.22 bits per heavy atom. The van der Waals surface area contributed by atoms with Gasteiger partial charge in [0.2, 0.25) is 0 Å². The molecule has 1 atom stereocenters. The lowest BCUT2D eigenvalue weighted by molar-refractivity contribution is -0.115. The highest BCUT2D eigenvalue weighted by molar-refractivity contribution is 6.06. The molecule has 4 N–H and O–H groups in total. The monoisotopic (exact) mass is 125 g/mol. The summed E-state index contributed by atoms with van der Waals surface area (Å²) in [5.74, 6) is 0.103. The van der Waals surface area contributed by atoms with Crippen LogP contribution in [-0.2, 0) is 4.79 Å². The van der Waals surface area contributed by atoms with Crippen molar-refractivity contribution in [1.29, 1.82) is 0 Å². The molecule has 1 aliphatic rings. The number of nitrogens with two attached hydrogens (primary N) is 2. The van der Waals surface area contributed by atoms with Gasteiger partial charge < -0.3 is 11.5 Å². The van der Waals surface area contributed by atoms with E-state index in [0.29, 0.717) is 5.84 Å². The molecule has 0 saturated heterocycles. The maximum absolute atomic E-state index is 10.6. The van der Waals surface area contributed by atoms with E-state index in [-0.39, 0.29) is 5.78 Å². The van der Waals surface area contributed by atoms with Gasteiger partial charge in [0.05, 0.1) is 0 Å². The van der Waals surface area contributed by atoms with Crippen LogP contribution in [-0.4, -0.2) is 17.8 Å². The molecule has 0 saturated carbocycles. The van der Waals surface area contributed by atoms with E-state index in [1.165, 1.54) is 12.2 Å². The van der Waals surface area contributed by atoms with Crippen molar-refractivity contribution in [1.82, 2.24) is 0 Å². The molecule has 1 unspecified atom stereocenters. The Hall–Kier alpha value is -1.16. The lowest BCUT2D eigenvalue weighted by atomic mass is 10.2. The Labute approximate surface area is 52.2 Å². The molecule has 0 aromatic carbocycles. The molecular formula is C5H7N3O. The summed E-state index contributed by atoms with van der Waals surface area (Å²) in [7, 11) is 0. The van der Waals surface area contributed by atoms with E-state index in [0.717, 1.165) is 0 Å². The Balaban J connectivity index is 2.82. The predicted octanol–water partition coefficient (Wildman–Crippen LogP) is -1.23. The van der Waals surface area contributed by atoms with Crippen molar-refractivity contribution in [2.75, 3.05) is 0 Å². The highest BCUT2D eigenvalue weighted by Crippen LogP contribution is 1.93. The fraction of sp³-hybridized carbons (Fsp3) is 0.200. The lowest BCUT2D eigenvalue weighted by Gasteiger charge is -2.05. The molecule has 1 aliphatic heterocycles. The SMILES string of the molecule is NC1=NC(N)C(=O)C=C1. The molecule has 9 heavy (non-hydrogen) atoms. The summed E-state index contributed by atoms with van der Waals surface area (Å²) in [6, 6.07) is 0. The van der Waals surface area contributed by atoms with E-state index in [1.807, 2.05) is 0 Å². The Bertz CT molecular complexity index is 194. The number of ketones is 1. The topological polar surface area (TPSA) is 81.5 Å². The summed E-state index contributed by atoms with van der Waals surface area (Å²) in [5, 5.41) is 0. The van der Waals surface area contributed by atoms with Gasteiger partial charge in [-0.25, -0.2) is 4.99 Å². The van der Waals surface area contributed by atoms with Gasteiger partial charge in [0, 0.05) is 0 Å². The molecule has 0 bridgehead atoms. The fourth-order valence-corrected chi connectivity index (χ4v) is 0.533. The molecule has 0 fully saturated rings. The summed E-state index contributed by atoms with van der Waals surface area (Å²) in [4.78, 5) is 14.2. The summed E-state index contributed by atoms with van der Waals surface area (Å²) in [5.41, 5.74) is 10.4. The molecule has 0 aromatic heterocycles. The zero-order valence-electron chi connectivity index (χ0n) is 4.74. The standard InChI is InChI=1S/C5H7N3O/c6-4-2-1-3(9)5(7)8-4/h1-2,5H,7H2,(H2,6,8). The minimum absolute atomic E-state index is 0.204. The highest BCUT2D eigenvalue weighted by Gasteiger charge is 2.11. The number of aliphatic imine (C=N–C) groups is 1. The van der Waals surface area contributed by atoms with Crippen LogP contribution in [0.2, 0.25) is 0 Å². The molecule has 4 heteroatoms. The largest absolute Gasteiger partial charge is 0.384 e. The molecular weight excluding hydrogens is 118 g/mol. The number of carbonyl (C=O) groups is 1. The van der Waals surface area contributed by atoms with Gasteiger partial charge in [-0.2, -0.15) is 0 Å². The van der Waals surface area contributed by atoms with Crippen LogP contribution in [0.15, 0.2) is 17.1 Å². The van der Waals surface area contributed by atoms with E-state index in [2.05, 4.69) is 4.99 Å². The van der Waals surface area contributed by atoms with E-state index < -0.39 is 6.17 Å². The van der Waals surface area contributed by atoms with Crippen molar-refractivity contribution in [3.05, 3.63) is 12.2 Å². The second-order valence-electron chi connectivity index (χ2n) is 1.73. The van der Waals surface area contributed by atoms with Crippen LogP contribution in [0.25, 0.3) is 0 Å². The maximum Gasteiger partial charge on any atom is 0.194 e. The van der Waals surface area contributed by atoms with E-state index in [4.69, 9.17) is 11.5 Å². The molecule has 1 heterocycles. The number of amidine groups is 1. The van der Waals surface area contributed by atoms with Crippen molar-refractivity contribution in [2.24, 2.45) is 16.5 Å². The maximum atomic E-state index is 10.6. The minimum atomic E-state index is -0.782. The number of dihydropyridines is 1. The first-order valence-electron chi connectivity index (χ1n) is 2.51. The summed E-state index contributed by atoms with van der Waals surface area (Å²) >= 11 is 0. The van der Waals surface area contributed by atoms with Crippen molar-refractivity contribution in [3.63, 3.8) is 0 Å². The number of nitrogens with zero attached hydrogens (tertiary/aromatic N) is 1. The van der Waals surface area contributed by atoms with Gasteiger partial charge in [0.15, 0.2) is 11.9 Å². The van der Waals surface area contributed by atoms with Gasteiger partial charge in [-0.05, 0) is 12.2 Å². The van der Waals surface area contributed by atoms with Crippen molar-refractivity contribution in [2.45, 2.75) is 6.17 Å². The average molecular weight is 125 g/mol. The van der Waals surface area contributed by atoms with E-state index >= 15 is 0 Å². The third-order valence-corrected chi connectivity index (χ3v) is 0.998. The summed E-state index contributed by atoms with van der Waals surface area (Å²) in [6.07, 6.45) is 1.98. The first-order valence-corrected chi connectivity index (χ1v) is 2.51. The van der Waals surface area contributed by atoms with Crippen LogP contribution >= 0.6 is 0 Å². The first kappa shape index (κ1) is 5.97. The summed E-state index contributed by atoms with van der Waals surface area (Å²) in [6.45, 7) is 0. The second kappa shape index (κ2) is 1.99. The fourth-order valence-electron chi connectivity index (χ4n) is 0.533. The van der Waals surface area contributed by atoms with Crippen LogP contribution in [0.4, 0.5) is 0 Å². The van der Waals surface area contributed by atoms with Gasteiger partial charge in [-0.1, -0.05) is 0 Å². The van der Waals surface area contributed by atoms with Crippen LogP contribution in [0.5, 0.6) is 0 Å². The number of rotatable bonds is 0. The van der Waals surface area contributed by atoms with Crippen LogP contribution in [0.1, 0.15) is 0 Å². The predicted molar refractivity (Wildman–Crippen MR) is 33.7 cm³/mol. The van der Waals surface area contributed by atoms with Gasteiger partial charge in [-0.15, -0.1) is 0 Å². The van der Waals surface area contributed by atoms with Gasteiger partial charge >= 0.3 is 0 Å². The molecule has 1 rings (SSSR count). The molecule has 4 nitrogen and oxygen atoms in total. The Morgan fingerprint density at radius 1 is 1.56 bits per heavy atom. The number of carbonyl (C=O) groups excluding carboxylic acids is 1. The van der Waals surface area contributed by atoms with Crippen LogP contribution in [0.3, 0.4) is 0 Å². The Kier molecular flexibility index (Phi) is 1.32. The first-order chi connectivity index (χ1) is 4.20. The molecule has 0 spiro atoms.